The van der Waals surface area contributed by atoms with Crippen molar-refractivity contribution in [1.29, 1.82) is 0 Å². The SMILES string of the molecule is CN1CCN(C(=O)C=Cc2cn(Cc3ccccc3)nc2-c2cccnc2)CC1. The molecule has 1 aromatic carbocycles. The zero-order valence-corrected chi connectivity index (χ0v) is 16.6. The van der Waals surface area contributed by atoms with Gasteiger partial charge in [-0.05, 0) is 30.8 Å². The molecule has 1 amide bonds. The summed E-state index contributed by atoms with van der Waals surface area (Å²) in [6.45, 7) is 4.03. The lowest BCUT2D eigenvalue weighted by molar-refractivity contribution is -0.127. The van der Waals surface area contributed by atoms with E-state index in [4.69, 9.17) is 5.10 Å². The number of hydrogen-bond acceptors (Lipinski definition) is 4. The predicted molar refractivity (Wildman–Crippen MR) is 114 cm³/mol. The molecule has 1 fully saturated rings. The molecule has 148 valence electrons. The molecule has 6 heteroatoms. The Bertz CT molecular complexity index is 973. The minimum atomic E-state index is 0.0473. The third kappa shape index (κ3) is 4.78. The van der Waals surface area contributed by atoms with E-state index in [1.165, 1.54) is 5.56 Å². The number of hydrogen-bond donors (Lipinski definition) is 0. The third-order valence-electron chi connectivity index (χ3n) is 5.13. The van der Waals surface area contributed by atoms with Crippen LogP contribution in [0.3, 0.4) is 0 Å². The fourth-order valence-electron chi connectivity index (χ4n) is 3.43. The first-order chi connectivity index (χ1) is 14.2. The van der Waals surface area contributed by atoms with Gasteiger partial charge in [-0.1, -0.05) is 30.3 Å². The third-order valence-corrected chi connectivity index (χ3v) is 5.13. The molecule has 0 bridgehead atoms. The first-order valence-electron chi connectivity index (χ1n) is 9.86. The van der Waals surface area contributed by atoms with E-state index in [-0.39, 0.29) is 5.91 Å². The average Bonchev–Trinajstić information content (AvgIpc) is 3.16. The highest BCUT2D eigenvalue weighted by Crippen LogP contribution is 2.23. The molecule has 1 aliphatic rings. The maximum Gasteiger partial charge on any atom is 0.246 e. The number of benzene rings is 1. The highest BCUT2D eigenvalue weighted by Gasteiger charge is 2.17. The summed E-state index contributed by atoms with van der Waals surface area (Å²) >= 11 is 0. The highest BCUT2D eigenvalue weighted by atomic mass is 16.2. The number of likely N-dealkylation sites (N-methyl/N-ethyl adjacent to an activating group) is 1. The summed E-state index contributed by atoms with van der Waals surface area (Å²) < 4.78 is 1.91. The van der Waals surface area contributed by atoms with Gasteiger partial charge in [-0.3, -0.25) is 14.5 Å². The fraction of sp³-hybridized carbons (Fsp3) is 0.261. The summed E-state index contributed by atoms with van der Waals surface area (Å²) in [5, 5.41) is 4.77. The van der Waals surface area contributed by atoms with E-state index in [0.717, 1.165) is 43.0 Å². The summed E-state index contributed by atoms with van der Waals surface area (Å²) in [7, 11) is 2.08. The van der Waals surface area contributed by atoms with Crippen LogP contribution >= 0.6 is 0 Å². The van der Waals surface area contributed by atoms with Crippen LogP contribution in [0.5, 0.6) is 0 Å². The molecular weight excluding hydrogens is 362 g/mol. The largest absolute Gasteiger partial charge is 0.337 e. The van der Waals surface area contributed by atoms with Crippen LogP contribution in [-0.4, -0.2) is 63.7 Å². The Kier molecular flexibility index (Phi) is 5.81. The Hall–Kier alpha value is -3.25. The van der Waals surface area contributed by atoms with Crippen LogP contribution in [0.15, 0.2) is 67.1 Å². The van der Waals surface area contributed by atoms with Gasteiger partial charge in [0.25, 0.3) is 0 Å². The smallest absolute Gasteiger partial charge is 0.246 e. The van der Waals surface area contributed by atoms with Crippen molar-refractivity contribution in [3.8, 4) is 11.3 Å². The number of nitrogens with zero attached hydrogens (tertiary/aromatic N) is 5. The molecule has 6 nitrogen and oxygen atoms in total. The van der Waals surface area contributed by atoms with E-state index in [0.29, 0.717) is 6.54 Å². The summed E-state index contributed by atoms with van der Waals surface area (Å²) in [6.07, 6.45) is 9.07. The fourth-order valence-corrected chi connectivity index (χ4v) is 3.43. The van der Waals surface area contributed by atoms with Crippen LogP contribution in [-0.2, 0) is 11.3 Å². The second-order valence-electron chi connectivity index (χ2n) is 7.32. The zero-order valence-electron chi connectivity index (χ0n) is 16.6. The number of rotatable bonds is 5. The molecular formula is C23H25N5O. The van der Waals surface area contributed by atoms with E-state index in [2.05, 4.69) is 29.1 Å². The number of piperazine rings is 1. The normalized spacial score (nSPS) is 15.1. The Labute approximate surface area is 171 Å². The van der Waals surface area contributed by atoms with E-state index in [1.807, 2.05) is 52.2 Å². The number of amides is 1. The van der Waals surface area contributed by atoms with E-state index in [1.54, 1.807) is 18.5 Å². The number of carbonyl (C=O) groups is 1. The van der Waals surface area contributed by atoms with Crippen LogP contribution in [0, 0.1) is 0 Å². The minimum absolute atomic E-state index is 0.0473. The highest BCUT2D eigenvalue weighted by molar-refractivity contribution is 5.92. The second-order valence-corrected chi connectivity index (χ2v) is 7.32. The Morgan fingerprint density at radius 2 is 1.86 bits per heavy atom. The average molecular weight is 387 g/mol. The summed E-state index contributed by atoms with van der Waals surface area (Å²) in [4.78, 5) is 21.0. The maximum absolute atomic E-state index is 12.6. The van der Waals surface area contributed by atoms with E-state index >= 15 is 0 Å². The van der Waals surface area contributed by atoms with Gasteiger partial charge in [0.1, 0.15) is 5.69 Å². The summed E-state index contributed by atoms with van der Waals surface area (Å²) in [5.41, 5.74) is 3.86. The van der Waals surface area contributed by atoms with Crippen LogP contribution in [0.25, 0.3) is 17.3 Å². The van der Waals surface area contributed by atoms with Crippen LogP contribution in [0.2, 0.25) is 0 Å². The van der Waals surface area contributed by atoms with Gasteiger partial charge in [0.2, 0.25) is 5.91 Å². The quantitative estimate of drug-likeness (QED) is 0.632. The molecule has 0 saturated carbocycles. The van der Waals surface area contributed by atoms with Crippen molar-refractivity contribution in [2.75, 3.05) is 33.2 Å². The van der Waals surface area contributed by atoms with Crippen molar-refractivity contribution in [3.63, 3.8) is 0 Å². The lowest BCUT2D eigenvalue weighted by Crippen LogP contribution is -2.46. The molecule has 1 saturated heterocycles. The number of aromatic nitrogens is 3. The molecule has 0 atom stereocenters. The Balaban J connectivity index is 1.58. The Morgan fingerprint density at radius 1 is 1.07 bits per heavy atom. The molecule has 2 aromatic heterocycles. The van der Waals surface area contributed by atoms with Gasteiger partial charge in [0.15, 0.2) is 0 Å². The van der Waals surface area contributed by atoms with E-state index in [9.17, 15) is 4.79 Å². The minimum Gasteiger partial charge on any atom is -0.337 e. The number of pyridine rings is 1. The Morgan fingerprint density at radius 3 is 2.59 bits per heavy atom. The van der Waals surface area contributed by atoms with Crippen LogP contribution in [0.4, 0.5) is 0 Å². The molecule has 0 unspecified atom stereocenters. The zero-order chi connectivity index (χ0) is 20.1. The molecule has 29 heavy (non-hydrogen) atoms. The van der Waals surface area contributed by atoms with E-state index < -0.39 is 0 Å². The maximum atomic E-state index is 12.6. The standard InChI is InChI=1S/C23H25N5O/c1-26-12-14-27(15-13-26)22(29)10-9-21-18-28(17-19-6-3-2-4-7-19)25-23(21)20-8-5-11-24-16-20/h2-11,16,18H,12-15,17H2,1H3. The van der Waals surface area contributed by atoms with Gasteiger partial charge in [-0.2, -0.15) is 5.10 Å². The lowest BCUT2D eigenvalue weighted by Gasteiger charge is -2.31. The molecule has 0 aliphatic carbocycles. The van der Waals surface area contributed by atoms with Crippen LogP contribution < -0.4 is 0 Å². The predicted octanol–water partition coefficient (Wildman–Crippen LogP) is 2.78. The van der Waals surface area contributed by atoms with Crippen molar-refractivity contribution in [3.05, 3.63) is 78.3 Å². The van der Waals surface area contributed by atoms with Gasteiger partial charge in [0.05, 0.1) is 6.54 Å². The molecule has 3 heterocycles. The lowest BCUT2D eigenvalue weighted by atomic mass is 10.1. The van der Waals surface area contributed by atoms with Gasteiger partial charge in [0, 0.05) is 62.0 Å². The second kappa shape index (κ2) is 8.84. The summed E-state index contributed by atoms with van der Waals surface area (Å²) in [6, 6.07) is 14.1. The molecule has 1 aliphatic heterocycles. The first kappa shape index (κ1) is 19.1. The van der Waals surface area contributed by atoms with Gasteiger partial charge in [-0.25, -0.2) is 0 Å². The monoisotopic (exact) mass is 387 g/mol. The summed E-state index contributed by atoms with van der Waals surface area (Å²) in [5.74, 6) is 0.0473. The van der Waals surface area contributed by atoms with Gasteiger partial charge < -0.3 is 9.80 Å². The molecule has 0 N–H and O–H groups in total. The number of carbonyl (C=O) groups excluding carboxylic acids is 1. The molecule has 0 radical (unpaired) electrons. The van der Waals surface area contributed by atoms with Crippen molar-refractivity contribution >= 4 is 12.0 Å². The van der Waals surface area contributed by atoms with Crippen molar-refractivity contribution in [2.24, 2.45) is 0 Å². The molecule has 0 spiro atoms. The van der Waals surface area contributed by atoms with Crippen molar-refractivity contribution < 1.29 is 4.79 Å². The van der Waals surface area contributed by atoms with Gasteiger partial charge >= 0.3 is 0 Å². The van der Waals surface area contributed by atoms with Crippen molar-refractivity contribution in [2.45, 2.75) is 6.54 Å². The van der Waals surface area contributed by atoms with Crippen LogP contribution in [0.1, 0.15) is 11.1 Å². The van der Waals surface area contributed by atoms with Gasteiger partial charge in [-0.15, -0.1) is 0 Å². The van der Waals surface area contributed by atoms with Crippen molar-refractivity contribution in [1.82, 2.24) is 24.6 Å². The first-order valence-corrected chi connectivity index (χ1v) is 9.86. The topological polar surface area (TPSA) is 54.3 Å². The molecule has 4 rings (SSSR count). The molecule has 3 aromatic rings.